The minimum absolute atomic E-state index is 0.0913. The van der Waals surface area contributed by atoms with E-state index in [1.807, 2.05) is 40.9 Å². The largest absolute Gasteiger partial charge is 0.480 e. The number of carbonyl (C=O) groups is 4. The smallest absolute Gasteiger partial charge is 0.326 e. The molecule has 0 radical (unpaired) electrons. The summed E-state index contributed by atoms with van der Waals surface area (Å²) in [5.41, 5.74) is 5.91. The third kappa shape index (κ3) is 9.77. The summed E-state index contributed by atoms with van der Waals surface area (Å²) in [7, 11) is 0. The summed E-state index contributed by atoms with van der Waals surface area (Å²) in [5, 5.41) is 17.5. The molecule has 9 nitrogen and oxygen atoms in total. The van der Waals surface area contributed by atoms with Crippen LogP contribution in [0.5, 0.6) is 0 Å². The van der Waals surface area contributed by atoms with Gasteiger partial charge in [0.25, 0.3) is 0 Å². The second-order valence-electron chi connectivity index (χ2n) is 8.69. The number of carboxylic acid groups (broad SMARTS) is 1. The number of carbonyl (C=O) groups excluding carboxylic acids is 3. The quantitative estimate of drug-likeness (QED) is 0.240. The number of hydrogen-bond donors (Lipinski definition) is 5. The van der Waals surface area contributed by atoms with E-state index >= 15 is 0 Å². The van der Waals surface area contributed by atoms with Crippen LogP contribution in [0.2, 0.25) is 0 Å². The number of hydrogen-bond acceptors (Lipinski definition) is 6. The first kappa shape index (κ1) is 30.2. The number of amides is 3. The predicted octanol–water partition coefficient (Wildman–Crippen LogP) is 1.35. The van der Waals surface area contributed by atoms with Crippen molar-refractivity contribution < 1.29 is 24.3 Å². The summed E-state index contributed by atoms with van der Waals surface area (Å²) < 4.78 is 0. The van der Waals surface area contributed by atoms with Gasteiger partial charge in [0.05, 0.1) is 6.04 Å². The lowest BCUT2D eigenvalue weighted by atomic mass is 9.95. The maximum atomic E-state index is 13.0. The highest BCUT2D eigenvalue weighted by molar-refractivity contribution is 7.98. The van der Waals surface area contributed by atoms with E-state index in [1.165, 1.54) is 11.8 Å². The van der Waals surface area contributed by atoms with Crippen LogP contribution in [0, 0.1) is 17.8 Å². The van der Waals surface area contributed by atoms with Crippen LogP contribution in [0.25, 0.3) is 0 Å². The summed E-state index contributed by atoms with van der Waals surface area (Å²) in [6.45, 7) is 10.9. The molecule has 10 heteroatoms. The molecule has 0 heterocycles. The number of nitrogens with two attached hydrogens (primary N) is 1. The Bertz CT molecular complexity index is 631. The first-order chi connectivity index (χ1) is 14.9. The lowest BCUT2D eigenvalue weighted by molar-refractivity contribution is -0.144. The van der Waals surface area contributed by atoms with Crippen molar-refractivity contribution in [3.63, 3.8) is 0 Å². The summed E-state index contributed by atoms with van der Waals surface area (Å²) >= 11 is 1.54. The number of carboxylic acids is 1. The summed E-state index contributed by atoms with van der Waals surface area (Å²) in [6, 6.07) is -3.57. The zero-order valence-electron chi connectivity index (χ0n) is 20.4. The monoisotopic (exact) mass is 474 g/mol. The van der Waals surface area contributed by atoms with Crippen LogP contribution in [0.3, 0.4) is 0 Å². The number of aliphatic carboxylic acids is 1. The molecule has 0 fully saturated rings. The molecule has 0 aliphatic heterocycles. The zero-order chi connectivity index (χ0) is 25.0. The van der Waals surface area contributed by atoms with Crippen molar-refractivity contribution in [2.75, 3.05) is 12.0 Å². The van der Waals surface area contributed by atoms with Gasteiger partial charge >= 0.3 is 5.97 Å². The molecule has 0 aromatic heterocycles. The van der Waals surface area contributed by atoms with Gasteiger partial charge in [0.2, 0.25) is 17.7 Å². The topological polar surface area (TPSA) is 151 Å². The fraction of sp³-hybridized carbons (Fsp3) is 0.818. The Morgan fingerprint density at radius 3 is 1.78 bits per heavy atom. The Kier molecular flexibility index (Phi) is 14.2. The van der Waals surface area contributed by atoms with Crippen LogP contribution >= 0.6 is 11.8 Å². The molecule has 0 rings (SSSR count). The number of nitrogens with one attached hydrogen (secondary N) is 3. The van der Waals surface area contributed by atoms with Gasteiger partial charge < -0.3 is 26.8 Å². The molecule has 0 aromatic carbocycles. The molecule has 0 aliphatic carbocycles. The minimum Gasteiger partial charge on any atom is -0.480 e. The average molecular weight is 475 g/mol. The van der Waals surface area contributed by atoms with E-state index in [-0.39, 0.29) is 17.8 Å². The zero-order valence-corrected chi connectivity index (χ0v) is 21.3. The van der Waals surface area contributed by atoms with Crippen molar-refractivity contribution >= 4 is 35.5 Å². The Labute approximate surface area is 196 Å². The van der Waals surface area contributed by atoms with Crippen LogP contribution in [0.4, 0.5) is 0 Å². The van der Waals surface area contributed by atoms with Gasteiger partial charge in [-0.2, -0.15) is 11.8 Å². The normalized spacial score (nSPS) is 16.9. The van der Waals surface area contributed by atoms with Gasteiger partial charge in [-0.15, -0.1) is 0 Å². The number of thioether (sulfide) groups is 1. The third-order valence-corrected chi connectivity index (χ3v) is 6.48. The lowest BCUT2D eigenvalue weighted by Crippen LogP contribution is -2.59. The van der Waals surface area contributed by atoms with Gasteiger partial charge in [0.1, 0.15) is 18.1 Å². The highest BCUT2D eigenvalue weighted by Gasteiger charge is 2.34. The van der Waals surface area contributed by atoms with Gasteiger partial charge in [-0.25, -0.2) is 4.79 Å². The van der Waals surface area contributed by atoms with Crippen molar-refractivity contribution in [2.45, 2.75) is 85.0 Å². The Hall–Kier alpha value is -1.81. The number of rotatable bonds is 15. The second-order valence-corrected chi connectivity index (χ2v) is 9.68. The van der Waals surface area contributed by atoms with Crippen LogP contribution in [0.1, 0.15) is 60.8 Å². The molecule has 0 bridgehead atoms. The molecule has 186 valence electrons. The molecular formula is C22H42N4O5S. The SMILES string of the molecule is CCC(C)C(NC(=O)C(NC(=O)C(CCSC)NC(=O)C(N)C(C)C)C(C)CC)C(=O)O. The highest BCUT2D eigenvalue weighted by atomic mass is 32.2. The van der Waals surface area contributed by atoms with Crippen LogP contribution in [-0.4, -0.2) is 65.0 Å². The van der Waals surface area contributed by atoms with Crippen molar-refractivity contribution in [1.29, 1.82) is 0 Å². The maximum Gasteiger partial charge on any atom is 0.326 e. The molecule has 0 saturated heterocycles. The van der Waals surface area contributed by atoms with Crippen molar-refractivity contribution in [3.8, 4) is 0 Å². The van der Waals surface area contributed by atoms with E-state index in [9.17, 15) is 24.3 Å². The van der Waals surface area contributed by atoms with E-state index in [4.69, 9.17) is 5.73 Å². The lowest BCUT2D eigenvalue weighted by Gasteiger charge is -2.29. The van der Waals surface area contributed by atoms with E-state index < -0.39 is 47.9 Å². The van der Waals surface area contributed by atoms with Crippen molar-refractivity contribution in [2.24, 2.45) is 23.5 Å². The summed E-state index contributed by atoms with van der Waals surface area (Å²) in [4.78, 5) is 50.1. The van der Waals surface area contributed by atoms with Crippen LogP contribution < -0.4 is 21.7 Å². The predicted molar refractivity (Wildman–Crippen MR) is 128 cm³/mol. The molecule has 0 aliphatic rings. The third-order valence-electron chi connectivity index (χ3n) is 5.83. The fourth-order valence-corrected chi connectivity index (χ4v) is 3.43. The minimum atomic E-state index is -1.12. The first-order valence-corrected chi connectivity index (χ1v) is 12.7. The van der Waals surface area contributed by atoms with E-state index in [2.05, 4.69) is 16.0 Å². The van der Waals surface area contributed by atoms with Gasteiger partial charge in [-0.05, 0) is 36.2 Å². The van der Waals surface area contributed by atoms with Gasteiger partial charge in [-0.1, -0.05) is 54.4 Å². The molecular weight excluding hydrogens is 432 g/mol. The summed E-state index contributed by atoms with van der Waals surface area (Å²) in [6.07, 6.45) is 3.45. The fourth-order valence-electron chi connectivity index (χ4n) is 2.96. The molecule has 6 atom stereocenters. The Morgan fingerprint density at radius 1 is 0.844 bits per heavy atom. The van der Waals surface area contributed by atoms with E-state index in [0.29, 0.717) is 25.0 Å². The maximum absolute atomic E-state index is 13.0. The molecule has 0 aromatic rings. The van der Waals surface area contributed by atoms with Crippen molar-refractivity contribution in [1.82, 2.24) is 16.0 Å². The Balaban J connectivity index is 5.57. The molecule has 3 amide bonds. The highest BCUT2D eigenvalue weighted by Crippen LogP contribution is 2.13. The van der Waals surface area contributed by atoms with Gasteiger partial charge in [0, 0.05) is 0 Å². The van der Waals surface area contributed by atoms with Gasteiger partial charge in [0.15, 0.2) is 0 Å². The Morgan fingerprint density at radius 2 is 1.34 bits per heavy atom. The summed E-state index contributed by atoms with van der Waals surface area (Å²) in [5.74, 6) is -2.54. The van der Waals surface area contributed by atoms with Crippen LogP contribution in [-0.2, 0) is 19.2 Å². The van der Waals surface area contributed by atoms with Crippen LogP contribution in [0.15, 0.2) is 0 Å². The van der Waals surface area contributed by atoms with Gasteiger partial charge in [-0.3, -0.25) is 14.4 Å². The second kappa shape index (κ2) is 15.1. The van der Waals surface area contributed by atoms with Crippen molar-refractivity contribution in [3.05, 3.63) is 0 Å². The first-order valence-electron chi connectivity index (χ1n) is 11.3. The molecule has 0 spiro atoms. The molecule has 6 unspecified atom stereocenters. The van der Waals surface area contributed by atoms with E-state index in [0.717, 1.165) is 0 Å². The average Bonchev–Trinajstić information content (AvgIpc) is 2.75. The molecule has 0 saturated carbocycles. The van der Waals surface area contributed by atoms with E-state index in [1.54, 1.807) is 6.92 Å². The standard InChI is InChI=1S/C22H42N4O5S/c1-8-13(5)17(21(29)26-18(22(30)31)14(6)9-2)25-19(27)15(10-11-32-7)24-20(28)16(23)12(3)4/h12-18H,8-11,23H2,1-7H3,(H,24,28)(H,25,27)(H,26,29)(H,30,31). The molecule has 6 N–H and O–H groups in total. The molecule has 32 heavy (non-hydrogen) atoms.